The lowest BCUT2D eigenvalue weighted by atomic mass is 9.75. The number of benzene rings is 1. The third-order valence-electron chi connectivity index (χ3n) is 6.12. The zero-order chi connectivity index (χ0) is 19.8. The van der Waals surface area contributed by atoms with Crippen LogP contribution in [0.3, 0.4) is 0 Å². The highest BCUT2D eigenvalue weighted by atomic mass is 32.2. The minimum absolute atomic E-state index is 0.0841. The fraction of sp³-hybridized carbons (Fsp3) is 0.591. The minimum atomic E-state index is -0.641. The number of carbonyl (C=O) groups excluding carboxylic acids is 2. The summed E-state index contributed by atoms with van der Waals surface area (Å²) in [4.78, 5) is 30.2. The van der Waals surface area contributed by atoms with Gasteiger partial charge in [0.2, 0.25) is 0 Å². The van der Waals surface area contributed by atoms with E-state index >= 15 is 0 Å². The maximum absolute atomic E-state index is 12.4. The molecule has 2 aliphatic carbocycles. The van der Waals surface area contributed by atoms with Crippen LogP contribution in [-0.4, -0.2) is 11.9 Å². The number of thioether (sulfide) groups is 1. The van der Waals surface area contributed by atoms with E-state index in [0.717, 1.165) is 49.3 Å². The molecule has 2 aliphatic rings. The van der Waals surface area contributed by atoms with Crippen molar-refractivity contribution in [3.8, 4) is 5.40 Å². The van der Waals surface area contributed by atoms with Crippen LogP contribution in [0, 0.1) is 28.4 Å². The van der Waals surface area contributed by atoms with Crippen LogP contribution in [0.15, 0.2) is 29.2 Å². The van der Waals surface area contributed by atoms with Crippen LogP contribution in [-0.2, 0) is 9.63 Å². The van der Waals surface area contributed by atoms with Crippen molar-refractivity contribution in [2.24, 2.45) is 17.8 Å². The second-order valence-corrected chi connectivity index (χ2v) is 8.83. The van der Waals surface area contributed by atoms with Crippen LogP contribution in [0.2, 0.25) is 0 Å². The molecule has 0 aliphatic heterocycles. The van der Waals surface area contributed by atoms with Crippen LogP contribution in [0.25, 0.3) is 0 Å². The summed E-state index contributed by atoms with van der Waals surface area (Å²) in [5.74, 6) is 0.688. The van der Waals surface area contributed by atoms with Gasteiger partial charge in [-0.3, -0.25) is 4.79 Å². The average molecular weight is 401 g/mol. The second kappa shape index (κ2) is 10.5. The maximum Gasteiger partial charge on any atom is 0.364 e. The molecule has 1 amide bonds. The van der Waals surface area contributed by atoms with E-state index in [9.17, 15) is 9.59 Å². The Morgan fingerprint density at radius 2 is 1.71 bits per heavy atom. The Balaban J connectivity index is 1.42. The number of nitriles is 1. The highest BCUT2D eigenvalue weighted by Crippen LogP contribution is 2.37. The third kappa shape index (κ3) is 5.75. The number of carbonyl (C=O) groups is 2. The lowest BCUT2D eigenvalue weighted by Crippen LogP contribution is -2.35. The molecule has 0 spiro atoms. The molecular weight excluding hydrogens is 372 g/mol. The zero-order valence-electron chi connectivity index (χ0n) is 16.2. The Bertz CT molecular complexity index is 717. The fourth-order valence-corrected chi connectivity index (χ4v) is 5.07. The van der Waals surface area contributed by atoms with Crippen molar-refractivity contribution < 1.29 is 14.4 Å². The molecule has 1 aromatic rings. The number of nitrogens with one attached hydrogen (secondary N) is 1. The van der Waals surface area contributed by atoms with Crippen LogP contribution in [0.4, 0.5) is 0 Å². The van der Waals surface area contributed by atoms with E-state index in [1.165, 1.54) is 38.5 Å². The normalized spacial score (nSPS) is 22.8. The molecule has 2 saturated carbocycles. The Kier molecular flexibility index (Phi) is 7.79. The zero-order valence-corrected chi connectivity index (χ0v) is 17.0. The van der Waals surface area contributed by atoms with E-state index in [2.05, 4.69) is 5.48 Å². The maximum atomic E-state index is 12.4. The van der Waals surface area contributed by atoms with Crippen molar-refractivity contribution in [2.45, 2.75) is 69.1 Å². The first-order valence-electron chi connectivity index (χ1n) is 10.3. The van der Waals surface area contributed by atoms with Crippen LogP contribution in [0.5, 0.6) is 0 Å². The lowest BCUT2D eigenvalue weighted by molar-refractivity contribution is -0.135. The molecule has 1 aromatic carbocycles. The van der Waals surface area contributed by atoms with Crippen molar-refractivity contribution in [1.82, 2.24) is 5.48 Å². The van der Waals surface area contributed by atoms with Gasteiger partial charge in [-0.2, -0.15) is 10.7 Å². The van der Waals surface area contributed by atoms with Crippen LogP contribution < -0.4 is 5.48 Å². The van der Waals surface area contributed by atoms with Gasteiger partial charge in [0.15, 0.2) is 0 Å². The topological polar surface area (TPSA) is 79.2 Å². The molecule has 28 heavy (non-hydrogen) atoms. The molecular formula is C22H28N2O3S. The molecule has 0 bridgehead atoms. The van der Waals surface area contributed by atoms with Gasteiger partial charge in [0, 0.05) is 10.8 Å². The molecule has 0 saturated heterocycles. The van der Waals surface area contributed by atoms with Crippen LogP contribution >= 0.6 is 11.8 Å². The first-order valence-corrected chi connectivity index (χ1v) is 11.1. The first-order chi connectivity index (χ1) is 13.7. The largest absolute Gasteiger partial charge is 0.364 e. The van der Waals surface area contributed by atoms with Crippen molar-refractivity contribution in [2.75, 3.05) is 0 Å². The molecule has 150 valence electrons. The van der Waals surface area contributed by atoms with E-state index in [4.69, 9.17) is 10.1 Å². The highest BCUT2D eigenvalue weighted by Gasteiger charge is 2.29. The molecule has 0 heterocycles. The van der Waals surface area contributed by atoms with Gasteiger partial charge in [-0.05, 0) is 67.8 Å². The van der Waals surface area contributed by atoms with E-state index in [1.807, 2.05) is 5.40 Å². The van der Waals surface area contributed by atoms with Gasteiger partial charge in [0.05, 0.1) is 5.56 Å². The van der Waals surface area contributed by atoms with Gasteiger partial charge in [0.25, 0.3) is 5.91 Å². The smallest absolute Gasteiger partial charge is 0.335 e. The van der Waals surface area contributed by atoms with E-state index in [-0.39, 0.29) is 17.4 Å². The van der Waals surface area contributed by atoms with E-state index in [1.54, 1.807) is 24.3 Å². The quantitative estimate of drug-likeness (QED) is 0.416. The fourth-order valence-electron chi connectivity index (χ4n) is 4.56. The van der Waals surface area contributed by atoms with Gasteiger partial charge >= 0.3 is 5.97 Å². The van der Waals surface area contributed by atoms with Gasteiger partial charge in [-0.1, -0.05) is 44.2 Å². The Labute approximate surface area is 171 Å². The second-order valence-electron chi connectivity index (χ2n) is 8.00. The monoisotopic (exact) mass is 400 g/mol. The Hall–Kier alpha value is -2.00. The standard InChI is InChI=1S/C22H28N2O3S/c23-15-28-20-9-5-4-8-19(20)22(26)27-24-21(25)18-12-10-17(11-13-18)14-16-6-2-1-3-7-16/h4-5,8-9,16-18H,1-3,6-7,10-14H2,(H,24,25). The Morgan fingerprint density at radius 3 is 2.43 bits per heavy atom. The predicted molar refractivity (Wildman–Crippen MR) is 108 cm³/mol. The number of hydrogen-bond acceptors (Lipinski definition) is 5. The van der Waals surface area contributed by atoms with Crippen molar-refractivity contribution in [3.05, 3.63) is 29.8 Å². The molecule has 0 aromatic heterocycles. The molecule has 6 heteroatoms. The van der Waals surface area contributed by atoms with Crippen molar-refractivity contribution in [1.29, 1.82) is 5.26 Å². The SMILES string of the molecule is N#CSc1ccccc1C(=O)ONC(=O)C1CCC(CC2CCCCC2)CC1. The molecule has 0 atom stereocenters. The number of hydroxylamine groups is 1. The summed E-state index contributed by atoms with van der Waals surface area (Å²) in [5.41, 5.74) is 2.62. The third-order valence-corrected chi connectivity index (χ3v) is 6.78. The van der Waals surface area contributed by atoms with E-state index < -0.39 is 5.97 Å². The number of nitrogens with zero attached hydrogens (tertiary/aromatic N) is 1. The van der Waals surface area contributed by atoms with Gasteiger partial charge in [-0.25, -0.2) is 4.79 Å². The van der Waals surface area contributed by atoms with Gasteiger partial charge in [0.1, 0.15) is 5.40 Å². The predicted octanol–water partition coefficient (Wildman–Crippen LogP) is 5.22. The minimum Gasteiger partial charge on any atom is -0.335 e. The summed E-state index contributed by atoms with van der Waals surface area (Å²) in [6.45, 7) is 0. The number of rotatable bonds is 5. The molecule has 0 radical (unpaired) electrons. The van der Waals surface area contributed by atoms with E-state index in [0.29, 0.717) is 4.90 Å². The van der Waals surface area contributed by atoms with Crippen LogP contribution in [0.1, 0.15) is 74.6 Å². The summed E-state index contributed by atoms with van der Waals surface area (Å²) in [7, 11) is 0. The molecule has 2 fully saturated rings. The molecule has 0 unspecified atom stereocenters. The number of amides is 1. The summed E-state index contributed by atoms with van der Waals surface area (Å²) in [5, 5.41) is 10.8. The van der Waals surface area contributed by atoms with Gasteiger partial charge < -0.3 is 4.84 Å². The average Bonchev–Trinajstić information content (AvgIpc) is 2.74. The Morgan fingerprint density at radius 1 is 1.04 bits per heavy atom. The number of hydrogen-bond donors (Lipinski definition) is 1. The van der Waals surface area contributed by atoms with Crippen molar-refractivity contribution >= 4 is 23.6 Å². The summed E-state index contributed by atoms with van der Waals surface area (Å²) in [6.07, 6.45) is 12.1. The lowest BCUT2D eigenvalue weighted by Gasteiger charge is -2.31. The van der Waals surface area contributed by atoms with Crippen molar-refractivity contribution in [3.63, 3.8) is 0 Å². The summed E-state index contributed by atoms with van der Waals surface area (Å²) >= 11 is 0.899. The summed E-state index contributed by atoms with van der Waals surface area (Å²) < 4.78 is 0. The van der Waals surface area contributed by atoms with Gasteiger partial charge in [-0.15, -0.1) is 0 Å². The molecule has 3 rings (SSSR count). The molecule has 5 nitrogen and oxygen atoms in total. The first kappa shape index (κ1) is 20.7. The number of thiocyanates is 1. The highest BCUT2D eigenvalue weighted by molar-refractivity contribution is 8.03. The molecule has 1 N–H and O–H groups in total. The summed E-state index contributed by atoms with van der Waals surface area (Å²) in [6, 6.07) is 6.72.